The maximum absolute atomic E-state index is 11.3. The van der Waals surface area contributed by atoms with Crippen LogP contribution in [-0.4, -0.2) is 29.6 Å². The summed E-state index contributed by atoms with van der Waals surface area (Å²) in [5, 5.41) is 0. The number of benzene rings is 1. The molecule has 1 aromatic rings. The van der Waals surface area contributed by atoms with Gasteiger partial charge in [-0.3, -0.25) is 4.90 Å². The molecule has 3 atom stereocenters. The van der Waals surface area contributed by atoms with Gasteiger partial charge < -0.3 is 4.74 Å². The van der Waals surface area contributed by atoms with E-state index in [9.17, 15) is 4.79 Å². The molecule has 3 nitrogen and oxygen atoms in total. The first-order valence-corrected chi connectivity index (χ1v) is 6.22. The van der Waals surface area contributed by atoms with Gasteiger partial charge >= 0.3 is 5.97 Å². The third-order valence-corrected chi connectivity index (χ3v) is 3.36. The molecule has 0 saturated carbocycles. The molecule has 0 bridgehead atoms. The van der Waals surface area contributed by atoms with Gasteiger partial charge in [-0.25, -0.2) is 4.79 Å². The van der Waals surface area contributed by atoms with Gasteiger partial charge in [-0.2, -0.15) is 0 Å². The van der Waals surface area contributed by atoms with Crippen LogP contribution in [0, 0.1) is 0 Å². The Morgan fingerprint density at radius 2 is 2.06 bits per heavy atom. The predicted molar refractivity (Wildman–Crippen MR) is 71.0 cm³/mol. The molecule has 3 unspecified atom stereocenters. The van der Waals surface area contributed by atoms with E-state index in [2.05, 4.69) is 30.5 Å². The molecular formula is C15H19NO2. The molecular weight excluding hydrogens is 226 g/mol. The van der Waals surface area contributed by atoms with Crippen molar-refractivity contribution in [3.63, 3.8) is 0 Å². The van der Waals surface area contributed by atoms with E-state index in [1.54, 1.807) is 6.92 Å². The van der Waals surface area contributed by atoms with Gasteiger partial charge in [0.25, 0.3) is 0 Å². The van der Waals surface area contributed by atoms with Gasteiger partial charge in [-0.05, 0) is 19.4 Å². The van der Waals surface area contributed by atoms with E-state index in [0.717, 1.165) is 6.54 Å². The lowest BCUT2D eigenvalue weighted by Crippen LogP contribution is -2.13. The molecule has 2 rings (SSSR count). The second-order valence-corrected chi connectivity index (χ2v) is 4.84. The molecule has 0 radical (unpaired) electrons. The van der Waals surface area contributed by atoms with Gasteiger partial charge in [0.1, 0.15) is 6.61 Å². The molecule has 0 amide bonds. The Morgan fingerprint density at radius 3 is 2.67 bits per heavy atom. The molecule has 1 aliphatic rings. The van der Waals surface area contributed by atoms with Crippen LogP contribution in [0.4, 0.5) is 0 Å². The first kappa shape index (κ1) is 12.8. The van der Waals surface area contributed by atoms with Gasteiger partial charge in [0.15, 0.2) is 0 Å². The average molecular weight is 245 g/mol. The smallest absolute Gasteiger partial charge is 0.333 e. The number of carbonyl (C=O) groups excluding carboxylic acids is 1. The Hall–Kier alpha value is -1.61. The summed E-state index contributed by atoms with van der Waals surface area (Å²) in [4.78, 5) is 13.6. The van der Waals surface area contributed by atoms with Crippen molar-refractivity contribution in [2.24, 2.45) is 0 Å². The molecule has 3 heteroatoms. The van der Waals surface area contributed by atoms with E-state index in [1.165, 1.54) is 5.56 Å². The molecule has 0 spiro atoms. The monoisotopic (exact) mass is 245 g/mol. The van der Waals surface area contributed by atoms with Crippen molar-refractivity contribution in [1.29, 1.82) is 0 Å². The van der Waals surface area contributed by atoms with E-state index in [4.69, 9.17) is 4.74 Å². The summed E-state index contributed by atoms with van der Waals surface area (Å²) in [6.07, 6.45) is 0. The van der Waals surface area contributed by atoms with Crippen LogP contribution in [0.2, 0.25) is 0 Å². The molecule has 0 aliphatic carbocycles. The molecule has 18 heavy (non-hydrogen) atoms. The van der Waals surface area contributed by atoms with Crippen molar-refractivity contribution in [2.45, 2.75) is 32.5 Å². The summed E-state index contributed by atoms with van der Waals surface area (Å²) in [5.74, 6) is -0.297. The summed E-state index contributed by atoms with van der Waals surface area (Å²) in [7, 11) is 0. The number of ether oxygens (including phenoxy) is 1. The normalized spacial score (nSPS) is 25.6. The summed E-state index contributed by atoms with van der Waals surface area (Å²) in [5.41, 5.74) is 1.75. The minimum atomic E-state index is -0.297. The van der Waals surface area contributed by atoms with Crippen LogP contribution in [-0.2, 0) is 16.1 Å². The van der Waals surface area contributed by atoms with Crippen LogP contribution in [0.15, 0.2) is 42.5 Å². The van der Waals surface area contributed by atoms with E-state index < -0.39 is 0 Å². The topological polar surface area (TPSA) is 29.3 Å². The van der Waals surface area contributed by atoms with Crippen LogP contribution in [0.3, 0.4) is 0 Å². The largest absolute Gasteiger partial charge is 0.461 e. The Balaban J connectivity index is 1.80. The Kier molecular flexibility index (Phi) is 3.82. The number of hydrogen-bond donors (Lipinski definition) is 0. The van der Waals surface area contributed by atoms with Crippen LogP contribution in [0.5, 0.6) is 0 Å². The second-order valence-electron chi connectivity index (χ2n) is 4.84. The molecule has 1 fully saturated rings. The van der Waals surface area contributed by atoms with E-state index in [-0.39, 0.29) is 5.97 Å². The van der Waals surface area contributed by atoms with Crippen molar-refractivity contribution >= 4 is 5.97 Å². The van der Waals surface area contributed by atoms with Crippen LogP contribution >= 0.6 is 0 Å². The highest BCUT2D eigenvalue weighted by molar-refractivity contribution is 5.86. The zero-order valence-electron chi connectivity index (χ0n) is 10.9. The zero-order valence-corrected chi connectivity index (χ0v) is 10.9. The lowest BCUT2D eigenvalue weighted by Gasteiger charge is -2.05. The molecule has 1 aromatic carbocycles. The quantitative estimate of drug-likeness (QED) is 0.453. The first-order chi connectivity index (χ1) is 8.59. The third kappa shape index (κ3) is 2.99. The fourth-order valence-electron chi connectivity index (χ4n) is 2.05. The summed E-state index contributed by atoms with van der Waals surface area (Å²) < 4.78 is 5.19. The molecule has 0 N–H and O–H groups in total. The fourth-order valence-corrected chi connectivity index (χ4v) is 2.05. The lowest BCUT2D eigenvalue weighted by atomic mass is 10.2. The molecule has 96 valence electrons. The van der Waals surface area contributed by atoms with E-state index >= 15 is 0 Å². The SMILES string of the molecule is C=C(C)C(=O)OCC1C(C)N1Cc1ccccc1. The highest BCUT2D eigenvalue weighted by Crippen LogP contribution is 2.30. The maximum atomic E-state index is 11.3. The number of nitrogens with zero attached hydrogens (tertiary/aromatic N) is 1. The Labute approximate surface area is 108 Å². The lowest BCUT2D eigenvalue weighted by molar-refractivity contribution is -0.139. The number of hydrogen-bond acceptors (Lipinski definition) is 3. The highest BCUT2D eigenvalue weighted by atomic mass is 16.5. The van der Waals surface area contributed by atoms with Gasteiger partial charge in [0.2, 0.25) is 0 Å². The highest BCUT2D eigenvalue weighted by Gasteiger charge is 2.44. The standard InChI is InChI=1S/C15H19NO2/c1-11(2)15(17)18-10-14-12(3)16(14)9-13-7-5-4-6-8-13/h4-8,12,14H,1,9-10H2,2-3H3. The number of carbonyl (C=O) groups is 1. The van der Waals surface area contributed by atoms with Crippen LogP contribution < -0.4 is 0 Å². The Morgan fingerprint density at radius 1 is 1.39 bits per heavy atom. The van der Waals surface area contributed by atoms with Crippen molar-refractivity contribution in [1.82, 2.24) is 4.90 Å². The minimum absolute atomic E-state index is 0.297. The summed E-state index contributed by atoms with van der Waals surface area (Å²) in [6, 6.07) is 11.1. The van der Waals surface area contributed by atoms with E-state index in [0.29, 0.717) is 24.3 Å². The molecule has 0 aromatic heterocycles. The predicted octanol–water partition coefficient (Wildman–Crippen LogP) is 2.38. The summed E-state index contributed by atoms with van der Waals surface area (Å²) >= 11 is 0. The average Bonchev–Trinajstić information content (AvgIpc) is 2.97. The van der Waals surface area contributed by atoms with Crippen molar-refractivity contribution < 1.29 is 9.53 Å². The van der Waals surface area contributed by atoms with Gasteiger partial charge in [0, 0.05) is 18.2 Å². The van der Waals surface area contributed by atoms with Gasteiger partial charge in [0.05, 0.1) is 6.04 Å². The van der Waals surface area contributed by atoms with Crippen LogP contribution in [0.25, 0.3) is 0 Å². The van der Waals surface area contributed by atoms with Gasteiger partial charge in [-0.1, -0.05) is 36.9 Å². The molecule has 1 aliphatic heterocycles. The minimum Gasteiger partial charge on any atom is -0.461 e. The number of rotatable bonds is 5. The fraction of sp³-hybridized carbons (Fsp3) is 0.400. The van der Waals surface area contributed by atoms with Gasteiger partial charge in [-0.15, -0.1) is 0 Å². The second kappa shape index (κ2) is 5.36. The third-order valence-electron chi connectivity index (χ3n) is 3.36. The Bertz CT molecular complexity index is 441. The zero-order chi connectivity index (χ0) is 13.1. The molecule has 1 saturated heterocycles. The molecule has 1 heterocycles. The van der Waals surface area contributed by atoms with Crippen molar-refractivity contribution in [3.8, 4) is 0 Å². The van der Waals surface area contributed by atoms with Crippen molar-refractivity contribution in [2.75, 3.05) is 6.61 Å². The van der Waals surface area contributed by atoms with E-state index in [1.807, 2.05) is 18.2 Å². The summed E-state index contributed by atoms with van der Waals surface area (Å²) in [6.45, 7) is 8.77. The van der Waals surface area contributed by atoms with Crippen molar-refractivity contribution in [3.05, 3.63) is 48.0 Å². The maximum Gasteiger partial charge on any atom is 0.333 e. The number of esters is 1. The van der Waals surface area contributed by atoms with Crippen LogP contribution in [0.1, 0.15) is 19.4 Å². The first-order valence-electron chi connectivity index (χ1n) is 6.22.